The predicted octanol–water partition coefficient (Wildman–Crippen LogP) is 0.444. The quantitative estimate of drug-likeness (QED) is 0.795. The summed E-state index contributed by atoms with van der Waals surface area (Å²) < 4.78 is 26.2. The first-order valence-corrected chi connectivity index (χ1v) is 7.19. The third kappa shape index (κ3) is 3.08. The minimum Gasteiger partial charge on any atom is -0.382 e. The van der Waals surface area contributed by atoms with Crippen LogP contribution < -0.4 is 11.1 Å². The van der Waals surface area contributed by atoms with Gasteiger partial charge in [0.2, 0.25) is 0 Å². The summed E-state index contributed by atoms with van der Waals surface area (Å²) in [6.45, 7) is 1.85. The molecule has 1 aromatic heterocycles. The van der Waals surface area contributed by atoms with Crippen LogP contribution in [-0.2, 0) is 9.84 Å². The Kier molecular flexibility index (Phi) is 4.09. The lowest BCUT2D eigenvalue weighted by Gasteiger charge is -2.03. The van der Waals surface area contributed by atoms with E-state index in [1.807, 2.05) is 6.07 Å². The summed E-state index contributed by atoms with van der Waals surface area (Å²) in [6.07, 6.45) is 0. The minimum atomic E-state index is -2.99. The Morgan fingerprint density at radius 3 is 2.88 bits per heavy atom. The normalized spacial score (nSPS) is 11.0. The molecule has 0 fully saturated rings. The van der Waals surface area contributed by atoms with E-state index in [0.717, 1.165) is 11.5 Å². The van der Waals surface area contributed by atoms with Crippen molar-refractivity contribution in [3.05, 3.63) is 5.56 Å². The largest absolute Gasteiger partial charge is 0.382 e. The minimum absolute atomic E-state index is 0.0339. The van der Waals surface area contributed by atoms with Crippen molar-refractivity contribution in [3.63, 3.8) is 0 Å². The number of sulfone groups is 1. The molecule has 0 aliphatic heterocycles. The van der Waals surface area contributed by atoms with Gasteiger partial charge in [-0.25, -0.2) is 8.42 Å². The van der Waals surface area contributed by atoms with Crippen LogP contribution in [0.5, 0.6) is 0 Å². The summed E-state index contributed by atoms with van der Waals surface area (Å²) in [4.78, 5) is 0. The molecule has 0 aliphatic rings. The van der Waals surface area contributed by atoms with Crippen LogP contribution in [0.2, 0.25) is 0 Å². The molecular weight excluding hydrogens is 248 g/mol. The fourth-order valence-corrected chi connectivity index (χ4v) is 2.39. The second kappa shape index (κ2) is 5.14. The van der Waals surface area contributed by atoms with Crippen molar-refractivity contribution in [2.45, 2.75) is 6.92 Å². The highest BCUT2D eigenvalue weighted by molar-refractivity contribution is 7.91. The van der Waals surface area contributed by atoms with E-state index in [2.05, 4.69) is 9.69 Å². The molecule has 0 radical (unpaired) electrons. The van der Waals surface area contributed by atoms with Gasteiger partial charge in [0.1, 0.15) is 16.6 Å². The number of hydrogen-bond acceptors (Lipinski definition) is 7. The van der Waals surface area contributed by atoms with Gasteiger partial charge in [-0.2, -0.15) is 9.64 Å². The molecular formula is C8H12N4O2S2. The summed E-state index contributed by atoms with van der Waals surface area (Å²) in [5.41, 5.74) is 5.73. The molecule has 0 bridgehead atoms. The number of anilines is 2. The van der Waals surface area contributed by atoms with Crippen LogP contribution in [0.1, 0.15) is 12.5 Å². The van der Waals surface area contributed by atoms with Gasteiger partial charge in [-0.1, -0.05) is 6.92 Å². The molecule has 6 nitrogen and oxygen atoms in total. The summed E-state index contributed by atoms with van der Waals surface area (Å²) in [5.74, 6) is 0.324. The standard InChI is InChI=1S/C8H12N4O2S2/c1-2-16(13,14)4-3-11-8-6(5-9)7(10)12-15-8/h11H,2-4H2,1H3,(H2,10,12). The Morgan fingerprint density at radius 2 is 2.31 bits per heavy atom. The van der Waals surface area contributed by atoms with Gasteiger partial charge in [0.05, 0.1) is 5.75 Å². The summed E-state index contributed by atoms with van der Waals surface area (Å²) >= 11 is 1.06. The third-order valence-electron chi connectivity index (χ3n) is 1.97. The molecule has 3 N–H and O–H groups in total. The summed E-state index contributed by atoms with van der Waals surface area (Å²) in [5, 5.41) is 12.1. The van der Waals surface area contributed by atoms with Gasteiger partial charge in [-0.05, 0) is 11.5 Å². The van der Waals surface area contributed by atoms with E-state index in [1.54, 1.807) is 6.92 Å². The van der Waals surface area contributed by atoms with E-state index in [1.165, 1.54) is 0 Å². The smallest absolute Gasteiger partial charge is 0.157 e. The van der Waals surface area contributed by atoms with Crippen molar-refractivity contribution in [2.24, 2.45) is 0 Å². The molecule has 1 heterocycles. The van der Waals surface area contributed by atoms with Gasteiger partial charge in [-0.15, -0.1) is 0 Å². The maximum Gasteiger partial charge on any atom is 0.157 e. The Balaban J connectivity index is 2.60. The van der Waals surface area contributed by atoms with Crippen molar-refractivity contribution < 1.29 is 8.42 Å². The number of nitrogens with two attached hydrogens (primary N) is 1. The number of nitriles is 1. The Bertz CT molecular complexity index is 501. The van der Waals surface area contributed by atoms with Crippen molar-refractivity contribution in [3.8, 4) is 6.07 Å². The van der Waals surface area contributed by atoms with E-state index < -0.39 is 9.84 Å². The lowest BCUT2D eigenvalue weighted by molar-refractivity contribution is 0.597. The number of nitrogens with one attached hydrogen (secondary N) is 1. The number of rotatable bonds is 5. The Hall–Kier alpha value is -1.33. The van der Waals surface area contributed by atoms with Crippen molar-refractivity contribution in [2.75, 3.05) is 29.1 Å². The van der Waals surface area contributed by atoms with E-state index in [9.17, 15) is 8.42 Å². The zero-order chi connectivity index (χ0) is 12.2. The number of aromatic nitrogens is 1. The lowest BCUT2D eigenvalue weighted by Crippen LogP contribution is -2.17. The molecule has 1 rings (SSSR count). The van der Waals surface area contributed by atoms with Gasteiger partial charge in [0.25, 0.3) is 0 Å². The molecule has 0 aromatic carbocycles. The maximum atomic E-state index is 11.2. The monoisotopic (exact) mass is 260 g/mol. The van der Waals surface area contributed by atoms with E-state index in [4.69, 9.17) is 11.0 Å². The van der Waals surface area contributed by atoms with E-state index >= 15 is 0 Å². The Morgan fingerprint density at radius 1 is 1.62 bits per heavy atom. The van der Waals surface area contributed by atoms with E-state index in [-0.39, 0.29) is 29.4 Å². The van der Waals surface area contributed by atoms with Gasteiger partial charge in [0.15, 0.2) is 15.7 Å². The van der Waals surface area contributed by atoms with Crippen molar-refractivity contribution >= 4 is 32.2 Å². The molecule has 8 heteroatoms. The highest BCUT2D eigenvalue weighted by Gasteiger charge is 2.12. The van der Waals surface area contributed by atoms with Crippen LogP contribution in [-0.4, -0.2) is 30.8 Å². The SMILES string of the molecule is CCS(=O)(=O)CCNc1snc(N)c1C#N. The van der Waals surface area contributed by atoms with Gasteiger partial charge < -0.3 is 11.1 Å². The molecule has 0 spiro atoms. The van der Waals surface area contributed by atoms with Crippen LogP contribution in [0.25, 0.3) is 0 Å². The van der Waals surface area contributed by atoms with Crippen LogP contribution in [0.4, 0.5) is 10.8 Å². The highest BCUT2D eigenvalue weighted by atomic mass is 32.2. The molecule has 0 amide bonds. The van der Waals surface area contributed by atoms with Crippen LogP contribution in [0.3, 0.4) is 0 Å². The second-order valence-electron chi connectivity index (χ2n) is 3.05. The summed E-state index contributed by atoms with van der Waals surface area (Å²) in [6, 6.07) is 1.92. The fraction of sp³-hybridized carbons (Fsp3) is 0.500. The van der Waals surface area contributed by atoms with Crippen molar-refractivity contribution in [1.29, 1.82) is 5.26 Å². The molecule has 0 saturated carbocycles. The van der Waals surface area contributed by atoms with Crippen LogP contribution in [0, 0.1) is 11.3 Å². The molecule has 16 heavy (non-hydrogen) atoms. The average molecular weight is 260 g/mol. The number of nitrogen functional groups attached to an aromatic ring is 1. The topological polar surface area (TPSA) is 109 Å². The van der Waals surface area contributed by atoms with Crippen LogP contribution >= 0.6 is 11.5 Å². The average Bonchev–Trinajstić information content (AvgIpc) is 2.59. The van der Waals surface area contributed by atoms with Gasteiger partial charge in [0, 0.05) is 12.3 Å². The number of nitrogens with zero attached hydrogens (tertiary/aromatic N) is 2. The van der Waals surface area contributed by atoms with Gasteiger partial charge >= 0.3 is 0 Å². The summed E-state index contributed by atoms with van der Waals surface area (Å²) in [7, 11) is -2.99. The molecule has 88 valence electrons. The molecule has 0 aliphatic carbocycles. The molecule has 0 unspecified atom stereocenters. The predicted molar refractivity (Wildman–Crippen MR) is 64.1 cm³/mol. The highest BCUT2D eigenvalue weighted by Crippen LogP contribution is 2.25. The fourth-order valence-electron chi connectivity index (χ4n) is 0.996. The third-order valence-corrected chi connectivity index (χ3v) is 4.49. The first-order chi connectivity index (χ1) is 7.50. The Labute approximate surface area is 98.2 Å². The zero-order valence-corrected chi connectivity index (χ0v) is 10.4. The van der Waals surface area contributed by atoms with Gasteiger partial charge in [-0.3, -0.25) is 0 Å². The zero-order valence-electron chi connectivity index (χ0n) is 8.73. The van der Waals surface area contributed by atoms with Crippen molar-refractivity contribution in [1.82, 2.24) is 4.37 Å². The number of hydrogen-bond donors (Lipinski definition) is 2. The van der Waals surface area contributed by atoms with Crippen LogP contribution in [0.15, 0.2) is 0 Å². The lowest BCUT2D eigenvalue weighted by atomic mass is 10.3. The molecule has 0 saturated heterocycles. The van der Waals surface area contributed by atoms with E-state index in [0.29, 0.717) is 5.00 Å². The first kappa shape index (κ1) is 12.7. The maximum absolute atomic E-state index is 11.2. The first-order valence-electron chi connectivity index (χ1n) is 4.59. The second-order valence-corrected chi connectivity index (χ2v) is 6.29. The molecule has 0 atom stereocenters. The molecule has 1 aromatic rings.